The average Bonchev–Trinajstić information content (AvgIpc) is 3.27. The second-order valence-corrected chi connectivity index (χ2v) is 7.17. The predicted molar refractivity (Wildman–Crippen MR) is 99.3 cm³/mol. The van der Waals surface area contributed by atoms with E-state index >= 15 is 0 Å². The van der Waals surface area contributed by atoms with E-state index in [4.69, 9.17) is 21.1 Å². The maximum atomic E-state index is 12.9. The largest absolute Gasteiger partial charge is 0.478 e. The van der Waals surface area contributed by atoms with Crippen LogP contribution in [0, 0.1) is 6.92 Å². The van der Waals surface area contributed by atoms with Gasteiger partial charge in [-0.25, -0.2) is 4.79 Å². The molecular weight excluding hydrogens is 370 g/mol. The second kappa shape index (κ2) is 6.74. The Hall–Kier alpha value is -2.80. The lowest BCUT2D eigenvalue weighted by molar-refractivity contribution is 0.0659. The van der Waals surface area contributed by atoms with Crippen molar-refractivity contribution in [3.05, 3.63) is 52.5 Å². The van der Waals surface area contributed by atoms with E-state index in [0.29, 0.717) is 42.3 Å². The first-order valence-electron chi connectivity index (χ1n) is 8.69. The van der Waals surface area contributed by atoms with Gasteiger partial charge in [-0.1, -0.05) is 11.6 Å². The molecule has 3 heterocycles. The third-order valence-electron chi connectivity index (χ3n) is 5.07. The molecule has 0 radical (unpaired) electrons. The number of aryl methyl sites for hydroxylation is 1. The summed E-state index contributed by atoms with van der Waals surface area (Å²) in [4.78, 5) is 25.7. The highest BCUT2D eigenvalue weighted by atomic mass is 35.5. The predicted octanol–water partition coefficient (Wildman–Crippen LogP) is 3.77. The molecule has 1 N–H and O–H groups in total. The highest BCUT2D eigenvalue weighted by Gasteiger charge is 2.28. The van der Waals surface area contributed by atoms with Gasteiger partial charge >= 0.3 is 5.97 Å². The van der Waals surface area contributed by atoms with Gasteiger partial charge in [0.1, 0.15) is 5.58 Å². The molecule has 0 unspecified atom stereocenters. The second-order valence-electron chi connectivity index (χ2n) is 6.73. The summed E-state index contributed by atoms with van der Waals surface area (Å²) >= 11 is 6.04. The third kappa shape index (κ3) is 3.19. The number of aromatic nitrogens is 2. The number of carbonyl (C=O) groups excluding carboxylic acids is 1. The first-order chi connectivity index (χ1) is 12.9. The highest BCUT2D eigenvalue weighted by Crippen LogP contribution is 2.30. The molecule has 1 saturated heterocycles. The Morgan fingerprint density at radius 1 is 1.30 bits per heavy atom. The van der Waals surface area contributed by atoms with Crippen LogP contribution in [0.25, 0.3) is 11.0 Å². The molecule has 140 valence electrons. The minimum atomic E-state index is -0.991. The molecule has 1 fully saturated rings. The fourth-order valence-electron chi connectivity index (χ4n) is 3.52. The molecule has 0 spiro atoms. The number of amides is 1. The van der Waals surface area contributed by atoms with Crippen LogP contribution in [0.15, 0.2) is 35.0 Å². The maximum absolute atomic E-state index is 12.9. The molecule has 0 bridgehead atoms. The molecule has 0 atom stereocenters. The first kappa shape index (κ1) is 17.6. The van der Waals surface area contributed by atoms with Crippen molar-refractivity contribution in [3.8, 4) is 0 Å². The van der Waals surface area contributed by atoms with Gasteiger partial charge in [-0.3, -0.25) is 9.48 Å². The molecule has 0 saturated carbocycles. The number of carboxylic acid groups (broad SMARTS) is 1. The summed E-state index contributed by atoms with van der Waals surface area (Å²) in [7, 11) is 0. The van der Waals surface area contributed by atoms with Gasteiger partial charge in [0.25, 0.3) is 5.91 Å². The van der Waals surface area contributed by atoms with Crippen molar-refractivity contribution in [2.45, 2.75) is 25.8 Å². The first-order valence-corrected chi connectivity index (χ1v) is 9.07. The number of halogens is 1. The highest BCUT2D eigenvalue weighted by molar-refractivity contribution is 6.31. The van der Waals surface area contributed by atoms with E-state index < -0.39 is 5.97 Å². The lowest BCUT2D eigenvalue weighted by Crippen LogP contribution is -2.39. The number of likely N-dealkylation sites (tertiary alicyclic amines) is 1. The summed E-state index contributed by atoms with van der Waals surface area (Å²) in [6.45, 7) is 2.98. The van der Waals surface area contributed by atoms with Crippen molar-refractivity contribution in [3.63, 3.8) is 0 Å². The quantitative estimate of drug-likeness (QED) is 0.739. The van der Waals surface area contributed by atoms with Gasteiger partial charge in [0, 0.05) is 35.3 Å². The summed E-state index contributed by atoms with van der Waals surface area (Å²) in [6, 6.07) is 5.39. The van der Waals surface area contributed by atoms with Crippen molar-refractivity contribution >= 4 is 34.4 Å². The summed E-state index contributed by atoms with van der Waals surface area (Å²) in [5, 5.41) is 14.6. The zero-order valence-electron chi connectivity index (χ0n) is 14.7. The minimum absolute atomic E-state index is 0.0812. The van der Waals surface area contributed by atoms with Crippen LogP contribution in [0.2, 0.25) is 5.02 Å². The van der Waals surface area contributed by atoms with E-state index in [1.54, 1.807) is 27.8 Å². The fourth-order valence-corrected chi connectivity index (χ4v) is 3.69. The number of hydrogen-bond donors (Lipinski definition) is 1. The number of rotatable bonds is 3. The fraction of sp³-hybridized carbons (Fsp3) is 0.316. The third-order valence-corrected chi connectivity index (χ3v) is 5.30. The van der Waals surface area contributed by atoms with Crippen molar-refractivity contribution in [1.82, 2.24) is 14.7 Å². The van der Waals surface area contributed by atoms with Gasteiger partial charge in [-0.2, -0.15) is 5.10 Å². The molecule has 1 aliphatic rings. The number of carboxylic acids is 1. The Labute approximate surface area is 160 Å². The van der Waals surface area contributed by atoms with E-state index in [2.05, 4.69) is 5.10 Å². The minimum Gasteiger partial charge on any atom is -0.478 e. The molecule has 7 nitrogen and oxygen atoms in total. The number of fused-ring (bicyclic) bond motifs is 1. The topological polar surface area (TPSA) is 88.6 Å². The Bertz CT molecular complexity index is 1030. The Morgan fingerprint density at radius 3 is 2.70 bits per heavy atom. The number of hydrogen-bond acceptors (Lipinski definition) is 4. The van der Waals surface area contributed by atoms with E-state index in [0.717, 1.165) is 10.9 Å². The van der Waals surface area contributed by atoms with Gasteiger partial charge in [0.05, 0.1) is 17.8 Å². The van der Waals surface area contributed by atoms with Crippen LogP contribution >= 0.6 is 11.6 Å². The zero-order valence-corrected chi connectivity index (χ0v) is 15.4. The van der Waals surface area contributed by atoms with Crippen LogP contribution in [0.1, 0.15) is 45.4 Å². The molecule has 2 aromatic heterocycles. The van der Waals surface area contributed by atoms with Gasteiger partial charge < -0.3 is 14.4 Å². The summed E-state index contributed by atoms with van der Waals surface area (Å²) < 4.78 is 7.46. The Balaban J connectivity index is 1.48. The SMILES string of the molecule is Cc1c(C(=O)N2CCC(n3cc(C(=O)O)cn3)CC2)oc2ccc(Cl)cc12. The summed E-state index contributed by atoms with van der Waals surface area (Å²) in [5.74, 6) is -0.780. The van der Waals surface area contributed by atoms with Gasteiger partial charge in [0.15, 0.2) is 5.76 Å². The Kier molecular flexibility index (Phi) is 4.39. The van der Waals surface area contributed by atoms with Gasteiger partial charge in [-0.15, -0.1) is 0 Å². The molecular formula is C19H18ClN3O4. The monoisotopic (exact) mass is 387 g/mol. The molecule has 27 heavy (non-hydrogen) atoms. The van der Waals surface area contributed by atoms with Crippen LogP contribution in [-0.2, 0) is 0 Å². The molecule has 8 heteroatoms. The molecule has 3 aromatic rings. The van der Waals surface area contributed by atoms with Crippen LogP contribution in [-0.4, -0.2) is 44.8 Å². The van der Waals surface area contributed by atoms with E-state index in [9.17, 15) is 9.59 Å². The Morgan fingerprint density at radius 2 is 2.04 bits per heavy atom. The van der Waals surface area contributed by atoms with Crippen molar-refractivity contribution in [2.24, 2.45) is 0 Å². The number of carbonyl (C=O) groups is 2. The molecule has 1 aromatic carbocycles. The maximum Gasteiger partial charge on any atom is 0.338 e. The lowest BCUT2D eigenvalue weighted by atomic mass is 10.0. The standard InChI is InChI=1S/C19H18ClN3O4/c1-11-15-8-13(20)2-3-16(15)27-17(11)18(24)22-6-4-14(5-7-22)23-10-12(9-21-23)19(25)26/h2-3,8-10,14H,4-7H2,1H3,(H,25,26). The smallest absolute Gasteiger partial charge is 0.338 e. The molecule has 1 aliphatic heterocycles. The summed E-state index contributed by atoms with van der Waals surface area (Å²) in [6.07, 6.45) is 4.30. The summed E-state index contributed by atoms with van der Waals surface area (Å²) in [5.41, 5.74) is 1.61. The number of furan rings is 1. The molecule has 4 rings (SSSR count). The van der Waals surface area contributed by atoms with Gasteiger partial charge in [-0.05, 0) is 38.0 Å². The van der Waals surface area contributed by atoms with Crippen molar-refractivity contribution in [1.29, 1.82) is 0 Å². The van der Waals surface area contributed by atoms with E-state index in [-0.39, 0.29) is 17.5 Å². The van der Waals surface area contributed by atoms with Crippen LogP contribution in [0.4, 0.5) is 0 Å². The number of aromatic carboxylic acids is 1. The van der Waals surface area contributed by atoms with E-state index in [1.807, 2.05) is 6.92 Å². The number of piperidine rings is 1. The van der Waals surface area contributed by atoms with Gasteiger partial charge in [0.2, 0.25) is 0 Å². The lowest BCUT2D eigenvalue weighted by Gasteiger charge is -2.31. The number of nitrogens with zero attached hydrogens (tertiary/aromatic N) is 3. The van der Waals surface area contributed by atoms with Crippen LogP contribution in [0.5, 0.6) is 0 Å². The van der Waals surface area contributed by atoms with Crippen LogP contribution < -0.4 is 0 Å². The van der Waals surface area contributed by atoms with Crippen LogP contribution in [0.3, 0.4) is 0 Å². The zero-order chi connectivity index (χ0) is 19.1. The normalized spacial score (nSPS) is 15.4. The number of benzene rings is 1. The molecule has 0 aliphatic carbocycles. The van der Waals surface area contributed by atoms with Crippen molar-refractivity contribution < 1.29 is 19.1 Å². The molecule has 1 amide bonds. The van der Waals surface area contributed by atoms with Crippen molar-refractivity contribution in [2.75, 3.05) is 13.1 Å². The average molecular weight is 388 g/mol. The van der Waals surface area contributed by atoms with E-state index in [1.165, 1.54) is 12.4 Å².